The lowest BCUT2D eigenvalue weighted by Gasteiger charge is -2.07. The standard InChI is InChI=1S/C17H19NO/c1-4-15-11-18-8-7-16(15)17(19)10-14-6-5-12(2)13(3)9-14/h5-9,11H,4,10H2,1-3H3. The van der Waals surface area contributed by atoms with Gasteiger partial charge in [0.05, 0.1) is 0 Å². The molecule has 2 aromatic rings. The number of pyridine rings is 1. The van der Waals surface area contributed by atoms with E-state index in [4.69, 9.17) is 0 Å². The summed E-state index contributed by atoms with van der Waals surface area (Å²) in [6.07, 6.45) is 4.76. The minimum atomic E-state index is 0.169. The third kappa shape index (κ3) is 3.08. The van der Waals surface area contributed by atoms with Crippen molar-refractivity contribution in [1.29, 1.82) is 0 Å². The first kappa shape index (κ1) is 13.5. The molecule has 0 bridgehead atoms. The highest BCUT2D eigenvalue weighted by atomic mass is 16.1. The van der Waals surface area contributed by atoms with Crippen molar-refractivity contribution in [3.63, 3.8) is 0 Å². The number of carbonyl (C=O) groups excluding carboxylic acids is 1. The Hall–Kier alpha value is -1.96. The molecule has 2 heteroatoms. The Morgan fingerprint density at radius 3 is 2.63 bits per heavy atom. The minimum Gasteiger partial charge on any atom is -0.294 e. The van der Waals surface area contributed by atoms with Crippen LogP contribution < -0.4 is 0 Å². The molecule has 98 valence electrons. The topological polar surface area (TPSA) is 30.0 Å². The highest BCUT2D eigenvalue weighted by Crippen LogP contribution is 2.15. The Kier molecular flexibility index (Phi) is 4.10. The van der Waals surface area contributed by atoms with E-state index in [1.54, 1.807) is 12.4 Å². The Balaban J connectivity index is 2.23. The molecule has 0 aliphatic heterocycles. The average molecular weight is 253 g/mol. The Labute approximate surface area is 114 Å². The van der Waals surface area contributed by atoms with E-state index in [0.717, 1.165) is 23.1 Å². The summed E-state index contributed by atoms with van der Waals surface area (Å²) < 4.78 is 0. The number of nitrogens with zero attached hydrogens (tertiary/aromatic N) is 1. The molecule has 0 radical (unpaired) electrons. The van der Waals surface area contributed by atoms with E-state index in [1.807, 2.05) is 19.1 Å². The molecule has 0 saturated carbocycles. The molecule has 0 fully saturated rings. The number of hydrogen-bond donors (Lipinski definition) is 0. The van der Waals surface area contributed by atoms with Crippen LogP contribution in [0.15, 0.2) is 36.7 Å². The van der Waals surface area contributed by atoms with Crippen LogP contribution in [0.3, 0.4) is 0 Å². The monoisotopic (exact) mass is 253 g/mol. The summed E-state index contributed by atoms with van der Waals surface area (Å²) in [7, 11) is 0. The van der Waals surface area contributed by atoms with E-state index >= 15 is 0 Å². The summed E-state index contributed by atoms with van der Waals surface area (Å²) in [4.78, 5) is 16.4. The fourth-order valence-electron chi connectivity index (χ4n) is 2.18. The predicted octanol–water partition coefficient (Wildman–Crippen LogP) is 3.69. The van der Waals surface area contributed by atoms with E-state index in [9.17, 15) is 4.79 Å². The van der Waals surface area contributed by atoms with E-state index < -0.39 is 0 Å². The van der Waals surface area contributed by atoms with Gasteiger partial charge in [0.1, 0.15) is 0 Å². The Bertz CT molecular complexity index is 602. The van der Waals surface area contributed by atoms with Crippen LogP contribution in [0.25, 0.3) is 0 Å². The maximum absolute atomic E-state index is 12.4. The van der Waals surface area contributed by atoms with Gasteiger partial charge >= 0.3 is 0 Å². The predicted molar refractivity (Wildman–Crippen MR) is 77.6 cm³/mol. The van der Waals surface area contributed by atoms with Crippen molar-refractivity contribution in [2.24, 2.45) is 0 Å². The maximum atomic E-state index is 12.4. The van der Waals surface area contributed by atoms with Crippen LogP contribution >= 0.6 is 0 Å². The van der Waals surface area contributed by atoms with Crippen molar-refractivity contribution in [1.82, 2.24) is 4.98 Å². The highest BCUT2D eigenvalue weighted by molar-refractivity contribution is 5.98. The zero-order valence-corrected chi connectivity index (χ0v) is 11.7. The number of carbonyl (C=O) groups is 1. The van der Waals surface area contributed by atoms with Gasteiger partial charge in [-0.05, 0) is 48.6 Å². The maximum Gasteiger partial charge on any atom is 0.167 e. The largest absolute Gasteiger partial charge is 0.294 e. The van der Waals surface area contributed by atoms with Gasteiger partial charge in [-0.15, -0.1) is 0 Å². The SMILES string of the molecule is CCc1cnccc1C(=O)Cc1ccc(C)c(C)c1. The van der Waals surface area contributed by atoms with Gasteiger partial charge in [-0.25, -0.2) is 0 Å². The Morgan fingerprint density at radius 2 is 1.95 bits per heavy atom. The van der Waals surface area contributed by atoms with Crippen LogP contribution in [0, 0.1) is 13.8 Å². The summed E-state index contributed by atoms with van der Waals surface area (Å²) in [5, 5.41) is 0. The smallest absolute Gasteiger partial charge is 0.167 e. The lowest BCUT2D eigenvalue weighted by Crippen LogP contribution is -2.07. The number of aromatic nitrogens is 1. The van der Waals surface area contributed by atoms with Crippen LogP contribution in [0.4, 0.5) is 0 Å². The zero-order valence-electron chi connectivity index (χ0n) is 11.7. The van der Waals surface area contributed by atoms with Gasteiger partial charge < -0.3 is 0 Å². The van der Waals surface area contributed by atoms with Crippen LogP contribution in [-0.2, 0) is 12.8 Å². The highest BCUT2D eigenvalue weighted by Gasteiger charge is 2.11. The van der Waals surface area contributed by atoms with Crippen LogP contribution in [0.1, 0.15) is 39.5 Å². The van der Waals surface area contributed by atoms with Crippen LogP contribution in [-0.4, -0.2) is 10.8 Å². The molecule has 19 heavy (non-hydrogen) atoms. The molecule has 0 amide bonds. The van der Waals surface area contributed by atoms with Crippen molar-refractivity contribution in [3.8, 4) is 0 Å². The number of hydrogen-bond acceptors (Lipinski definition) is 2. The van der Waals surface area contributed by atoms with Crippen molar-refractivity contribution < 1.29 is 4.79 Å². The van der Waals surface area contributed by atoms with Gasteiger partial charge in [-0.1, -0.05) is 25.1 Å². The zero-order chi connectivity index (χ0) is 13.8. The third-order valence-corrected chi connectivity index (χ3v) is 3.52. The molecule has 2 nitrogen and oxygen atoms in total. The number of aryl methyl sites for hydroxylation is 3. The molecule has 0 atom stereocenters. The molecule has 0 saturated heterocycles. The summed E-state index contributed by atoms with van der Waals surface area (Å²) in [6.45, 7) is 6.20. The second kappa shape index (κ2) is 5.79. The fourth-order valence-corrected chi connectivity index (χ4v) is 2.18. The quantitative estimate of drug-likeness (QED) is 0.778. The number of rotatable bonds is 4. The van der Waals surface area contributed by atoms with E-state index in [1.165, 1.54) is 11.1 Å². The molecular formula is C17H19NO. The van der Waals surface area contributed by atoms with E-state index in [0.29, 0.717) is 6.42 Å². The summed E-state index contributed by atoms with van der Waals surface area (Å²) >= 11 is 0. The normalized spacial score (nSPS) is 10.5. The molecule has 0 unspecified atom stereocenters. The Morgan fingerprint density at radius 1 is 1.16 bits per heavy atom. The molecule has 2 rings (SSSR count). The van der Waals surface area contributed by atoms with E-state index in [-0.39, 0.29) is 5.78 Å². The lowest BCUT2D eigenvalue weighted by molar-refractivity contribution is 0.0992. The first-order valence-electron chi connectivity index (χ1n) is 6.64. The molecule has 0 spiro atoms. The number of benzene rings is 1. The van der Waals surface area contributed by atoms with Gasteiger partial charge in [0.25, 0.3) is 0 Å². The number of ketones is 1. The van der Waals surface area contributed by atoms with Crippen molar-refractivity contribution in [3.05, 3.63) is 64.5 Å². The van der Waals surface area contributed by atoms with Gasteiger partial charge in [-0.3, -0.25) is 9.78 Å². The summed E-state index contributed by atoms with van der Waals surface area (Å²) in [5.41, 5.74) is 5.39. The van der Waals surface area contributed by atoms with Gasteiger partial charge in [-0.2, -0.15) is 0 Å². The van der Waals surface area contributed by atoms with E-state index in [2.05, 4.69) is 31.0 Å². The van der Waals surface area contributed by atoms with Crippen LogP contribution in [0.2, 0.25) is 0 Å². The summed E-state index contributed by atoms with van der Waals surface area (Å²) in [6, 6.07) is 8.03. The minimum absolute atomic E-state index is 0.169. The lowest BCUT2D eigenvalue weighted by atomic mass is 9.97. The molecule has 0 aliphatic rings. The third-order valence-electron chi connectivity index (χ3n) is 3.52. The van der Waals surface area contributed by atoms with Gasteiger partial charge in [0.2, 0.25) is 0 Å². The second-order valence-corrected chi connectivity index (χ2v) is 4.90. The second-order valence-electron chi connectivity index (χ2n) is 4.90. The number of Topliss-reactive ketones (excluding diaryl/α,β-unsaturated/α-hetero) is 1. The average Bonchev–Trinajstić information content (AvgIpc) is 2.43. The van der Waals surface area contributed by atoms with Gasteiger partial charge in [0.15, 0.2) is 5.78 Å². The molecule has 1 aromatic heterocycles. The molecule has 1 heterocycles. The molecule has 0 N–H and O–H groups in total. The van der Waals surface area contributed by atoms with Crippen molar-refractivity contribution in [2.45, 2.75) is 33.6 Å². The molecular weight excluding hydrogens is 234 g/mol. The fraction of sp³-hybridized carbons (Fsp3) is 0.294. The molecule has 1 aromatic carbocycles. The first-order chi connectivity index (χ1) is 9.11. The summed E-state index contributed by atoms with van der Waals surface area (Å²) in [5.74, 6) is 0.169. The van der Waals surface area contributed by atoms with Gasteiger partial charge in [0, 0.05) is 24.4 Å². The van der Waals surface area contributed by atoms with Crippen LogP contribution in [0.5, 0.6) is 0 Å². The van der Waals surface area contributed by atoms with Crippen molar-refractivity contribution >= 4 is 5.78 Å². The molecule has 0 aliphatic carbocycles. The van der Waals surface area contributed by atoms with Crippen molar-refractivity contribution in [2.75, 3.05) is 0 Å². The first-order valence-corrected chi connectivity index (χ1v) is 6.64.